The molecule has 0 saturated heterocycles. The molecule has 1 atom stereocenters. The van der Waals surface area contributed by atoms with Crippen LogP contribution in [0.1, 0.15) is 16.1 Å². The van der Waals surface area contributed by atoms with Crippen molar-refractivity contribution in [3.05, 3.63) is 72.3 Å². The number of aromatic nitrogens is 2. The van der Waals surface area contributed by atoms with Gasteiger partial charge in [-0.1, -0.05) is 0 Å². The number of hydrogen-bond acceptors (Lipinski definition) is 4. The fourth-order valence-electron chi connectivity index (χ4n) is 2.97. The molecule has 0 aromatic carbocycles. The van der Waals surface area contributed by atoms with Crippen LogP contribution in [0.3, 0.4) is 0 Å². The van der Waals surface area contributed by atoms with Gasteiger partial charge in [0, 0.05) is 18.1 Å². The standard InChI is InChI=1S/C18H16FN3O3/c19-16-4-1-6-20-17(16)25-15-10-21-7-2-3-14(21)9-22(11-15)18(23)13-5-8-24-12-13/h1-8,12,15H,9-11H2/t15-/m0/s1. The molecule has 4 heterocycles. The van der Waals surface area contributed by atoms with Crippen LogP contribution in [-0.2, 0) is 13.1 Å². The van der Waals surface area contributed by atoms with E-state index >= 15 is 0 Å². The van der Waals surface area contributed by atoms with Gasteiger partial charge in [0.05, 0.1) is 31.5 Å². The van der Waals surface area contributed by atoms with Gasteiger partial charge in [-0.05, 0) is 30.3 Å². The molecule has 0 saturated carbocycles. The molecule has 1 aliphatic rings. The highest BCUT2D eigenvalue weighted by Crippen LogP contribution is 2.20. The van der Waals surface area contributed by atoms with Crippen molar-refractivity contribution in [2.75, 3.05) is 6.54 Å². The summed E-state index contributed by atoms with van der Waals surface area (Å²) in [5.74, 6) is -0.732. The number of halogens is 1. The summed E-state index contributed by atoms with van der Waals surface area (Å²) in [6, 6.07) is 8.31. The molecule has 0 unspecified atom stereocenters. The molecule has 0 radical (unpaired) electrons. The monoisotopic (exact) mass is 341 g/mol. The highest BCUT2D eigenvalue weighted by atomic mass is 19.1. The van der Waals surface area contributed by atoms with Crippen molar-refractivity contribution in [2.45, 2.75) is 19.2 Å². The zero-order valence-electron chi connectivity index (χ0n) is 13.3. The van der Waals surface area contributed by atoms with E-state index in [0.29, 0.717) is 25.2 Å². The molecule has 0 fully saturated rings. The maximum atomic E-state index is 13.9. The summed E-state index contributed by atoms with van der Waals surface area (Å²) in [6.45, 7) is 1.27. The Morgan fingerprint density at radius 1 is 1.28 bits per heavy atom. The van der Waals surface area contributed by atoms with Crippen molar-refractivity contribution in [1.82, 2.24) is 14.5 Å². The maximum absolute atomic E-state index is 13.9. The molecule has 3 aromatic rings. The third-order valence-electron chi connectivity index (χ3n) is 4.16. The number of hydrogen-bond donors (Lipinski definition) is 0. The Balaban J connectivity index is 1.61. The normalized spacial score (nSPS) is 17.0. The van der Waals surface area contributed by atoms with E-state index < -0.39 is 11.9 Å². The first-order valence-electron chi connectivity index (χ1n) is 7.93. The third kappa shape index (κ3) is 3.13. The molecular formula is C18H16FN3O3. The third-order valence-corrected chi connectivity index (χ3v) is 4.16. The van der Waals surface area contributed by atoms with Crippen molar-refractivity contribution < 1.29 is 18.3 Å². The Bertz CT molecular complexity index is 875. The van der Waals surface area contributed by atoms with Crippen LogP contribution in [0.2, 0.25) is 0 Å². The minimum atomic E-state index is -0.521. The number of carbonyl (C=O) groups excluding carboxylic acids is 1. The van der Waals surface area contributed by atoms with Gasteiger partial charge in [0.2, 0.25) is 0 Å². The van der Waals surface area contributed by atoms with E-state index in [4.69, 9.17) is 9.15 Å². The van der Waals surface area contributed by atoms with Crippen LogP contribution in [0.4, 0.5) is 4.39 Å². The molecule has 0 aliphatic carbocycles. The molecular weight excluding hydrogens is 325 g/mol. The van der Waals surface area contributed by atoms with Crippen molar-refractivity contribution >= 4 is 5.91 Å². The average Bonchev–Trinajstić information content (AvgIpc) is 3.25. The lowest BCUT2D eigenvalue weighted by atomic mass is 10.2. The predicted octanol–water partition coefficient (Wildman–Crippen LogP) is 2.72. The minimum absolute atomic E-state index is 0.0567. The fourth-order valence-corrected chi connectivity index (χ4v) is 2.97. The minimum Gasteiger partial charge on any atom is -0.472 e. The van der Waals surface area contributed by atoms with E-state index in [9.17, 15) is 9.18 Å². The molecule has 25 heavy (non-hydrogen) atoms. The molecule has 7 heteroatoms. The van der Waals surface area contributed by atoms with Crippen molar-refractivity contribution in [2.24, 2.45) is 0 Å². The van der Waals surface area contributed by atoms with Crippen molar-refractivity contribution in [3.8, 4) is 5.88 Å². The second-order valence-corrected chi connectivity index (χ2v) is 5.88. The van der Waals surface area contributed by atoms with Gasteiger partial charge < -0.3 is 18.6 Å². The molecule has 3 aromatic heterocycles. The summed E-state index contributed by atoms with van der Waals surface area (Å²) in [6.07, 6.45) is 5.86. The summed E-state index contributed by atoms with van der Waals surface area (Å²) < 4.78 is 26.7. The van der Waals surface area contributed by atoms with E-state index in [-0.39, 0.29) is 11.8 Å². The van der Waals surface area contributed by atoms with E-state index in [0.717, 1.165) is 5.69 Å². The summed E-state index contributed by atoms with van der Waals surface area (Å²) >= 11 is 0. The van der Waals surface area contributed by atoms with E-state index in [1.807, 2.05) is 22.9 Å². The Hall–Kier alpha value is -3.09. The first-order chi connectivity index (χ1) is 12.2. The fraction of sp³-hybridized carbons (Fsp3) is 0.222. The molecule has 1 amide bonds. The molecule has 0 spiro atoms. The van der Waals surface area contributed by atoms with Gasteiger partial charge in [-0.15, -0.1) is 0 Å². The van der Waals surface area contributed by atoms with Crippen LogP contribution < -0.4 is 4.74 Å². The molecule has 0 N–H and O–H groups in total. The first kappa shape index (κ1) is 15.4. The van der Waals surface area contributed by atoms with E-state index in [1.165, 1.54) is 30.9 Å². The highest BCUT2D eigenvalue weighted by molar-refractivity contribution is 5.93. The Morgan fingerprint density at radius 3 is 3.00 bits per heavy atom. The Labute approximate surface area is 143 Å². The number of fused-ring (bicyclic) bond motifs is 1. The van der Waals surface area contributed by atoms with Crippen LogP contribution in [-0.4, -0.2) is 33.0 Å². The largest absolute Gasteiger partial charge is 0.472 e. The average molecular weight is 341 g/mol. The van der Waals surface area contributed by atoms with Gasteiger partial charge in [-0.3, -0.25) is 4.79 Å². The lowest BCUT2D eigenvalue weighted by Gasteiger charge is -2.24. The molecule has 128 valence electrons. The van der Waals surface area contributed by atoms with Gasteiger partial charge in [0.15, 0.2) is 5.82 Å². The lowest BCUT2D eigenvalue weighted by Crippen LogP contribution is -2.38. The zero-order chi connectivity index (χ0) is 17.2. The molecule has 4 rings (SSSR count). The quantitative estimate of drug-likeness (QED) is 0.735. The summed E-state index contributed by atoms with van der Waals surface area (Å²) in [5, 5.41) is 0. The zero-order valence-corrected chi connectivity index (χ0v) is 13.3. The molecule has 0 bridgehead atoms. The van der Waals surface area contributed by atoms with Gasteiger partial charge in [-0.2, -0.15) is 0 Å². The van der Waals surface area contributed by atoms with Crippen molar-refractivity contribution in [3.63, 3.8) is 0 Å². The first-order valence-corrected chi connectivity index (χ1v) is 7.93. The van der Waals surface area contributed by atoms with E-state index in [1.54, 1.807) is 11.0 Å². The SMILES string of the molecule is O=C(c1ccoc1)N1Cc2cccn2C[C@H](Oc2ncccc2F)C1. The topological polar surface area (TPSA) is 60.5 Å². The number of pyridine rings is 1. The van der Waals surface area contributed by atoms with Gasteiger partial charge in [0.25, 0.3) is 11.8 Å². The number of furan rings is 1. The lowest BCUT2D eigenvalue weighted by molar-refractivity contribution is 0.0640. The summed E-state index contributed by atoms with van der Waals surface area (Å²) in [4.78, 5) is 18.3. The second kappa shape index (κ2) is 6.43. The number of amides is 1. The Kier molecular flexibility index (Phi) is 3.97. The van der Waals surface area contributed by atoms with Gasteiger partial charge >= 0.3 is 0 Å². The predicted molar refractivity (Wildman–Crippen MR) is 86.5 cm³/mol. The van der Waals surface area contributed by atoms with Crippen LogP contribution in [0.25, 0.3) is 0 Å². The van der Waals surface area contributed by atoms with Gasteiger partial charge in [0.1, 0.15) is 12.4 Å². The number of ether oxygens (including phenoxy) is 1. The second-order valence-electron chi connectivity index (χ2n) is 5.88. The van der Waals surface area contributed by atoms with Crippen LogP contribution in [0.15, 0.2) is 59.7 Å². The maximum Gasteiger partial charge on any atom is 0.257 e. The molecule has 6 nitrogen and oxygen atoms in total. The highest BCUT2D eigenvalue weighted by Gasteiger charge is 2.28. The van der Waals surface area contributed by atoms with E-state index in [2.05, 4.69) is 4.98 Å². The van der Waals surface area contributed by atoms with Crippen molar-refractivity contribution in [1.29, 1.82) is 0 Å². The van der Waals surface area contributed by atoms with Crippen LogP contribution in [0, 0.1) is 5.82 Å². The number of carbonyl (C=O) groups is 1. The molecule has 1 aliphatic heterocycles. The Morgan fingerprint density at radius 2 is 2.20 bits per heavy atom. The number of nitrogens with zero attached hydrogens (tertiary/aromatic N) is 3. The smallest absolute Gasteiger partial charge is 0.257 e. The van der Waals surface area contributed by atoms with Crippen LogP contribution >= 0.6 is 0 Å². The van der Waals surface area contributed by atoms with Crippen LogP contribution in [0.5, 0.6) is 5.88 Å². The van der Waals surface area contributed by atoms with Gasteiger partial charge in [-0.25, -0.2) is 9.37 Å². The summed E-state index contributed by atoms with van der Waals surface area (Å²) in [5.41, 5.74) is 1.47. The number of rotatable bonds is 3. The summed E-state index contributed by atoms with van der Waals surface area (Å²) in [7, 11) is 0.